The number of carbonyl (C=O) groups excluding carboxylic acids is 1. The van der Waals surface area contributed by atoms with E-state index < -0.39 is 0 Å². The van der Waals surface area contributed by atoms with Crippen LogP contribution in [0.25, 0.3) is 0 Å². The molecule has 0 saturated carbocycles. The molecule has 2 aliphatic heterocycles. The summed E-state index contributed by atoms with van der Waals surface area (Å²) < 4.78 is 5.23. The van der Waals surface area contributed by atoms with E-state index in [1.807, 2.05) is 47.7 Å². The minimum absolute atomic E-state index is 0.313. The van der Waals surface area contributed by atoms with Crippen molar-refractivity contribution in [1.29, 1.82) is 0 Å². The Kier molecular flexibility index (Phi) is 4.27. The number of hydrogen-bond acceptors (Lipinski definition) is 5. The second-order valence-corrected chi connectivity index (χ2v) is 6.13. The molecule has 6 heteroatoms. The molecule has 0 radical (unpaired) electrons. The Labute approximate surface area is 138 Å². The molecule has 0 amide bonds. The molecule has 3 rings (SSSR count). The summed E-state index contributed by atoms with van der Waals surface area (Å²) in [4.78, 5) is 18.9. The lowest BCUT2D eigenvalue weighted by Crippen LogP contribution is -2.34. The number of ether oxygens (including phenoxy) is 1. The third-order valence-corrected chi connectivity index (χ3v) is 4.63. The first-order valence-electron chi connectivity index (χ1n) is 6.96. The number of rotatable bonds is 3. The van der Waals surface area contributed by atoms with Crippen LogP contribution in [0, 0.1) is 0 Å². The number of carbonyl (C=O) groups is 1. The minimum atomic E-state index is -0.349. The molecule has 0 saturated heterocycles. The number of halogens is 1. The SMILES string of the molecule is CCOC(=O)C1=C(C)N=C2SC=CN2[C@@H]1c1ccccc1Cl. The van der Waals surface area contributed by atoms with Crippen molar-refractivity contribution in [3.8, 4) is 0 Å². The summed E-state index contributed by atoms with van der Waals surface area (Å²) in [6.07, 6.45) is 1.92. The van der Waals surface area contributed by atoms with Crippen molar-refractivity contribution < 1.29 is 9.53 Å². The maximum Gasteiger partial charge on any atom is 0.338 e. The van der Waals surface area contributed by atoms with E-state index in [9.17, 15) is 4.79 Å². The number of nitrogens with zero attached hydrogens (tertiary/aromatic N) is 2. The number of fused-ring (bicyclic) bond motifs is 1. The molecule has 1 atom stereocenters. The third-order valence-electron chi connectivity index (χ3n) is 3.52. The topological polar surface area (TPSA) is 41.9 Å². The Morgan fingerprint density at radius 1 is 1.45 bits per heavy atom. The Bertz CT molecular complexity index is 712. The van der Waals surface area contributed by atoms with Gasteiger partial charge in [-0.3, -0.25) is 0 Å². The zero-order valence-corrected chi connectivity index (χ0v) is 13.8. The third kappa shape index (κ3) is 2.55. The summed E-state index contributed by atoms with van der Waals surface area (Å²) in [6, 6.07) is 7.23. The first-order valence-corrected chi connectivity index (χ1v) is 8.22. The molecular weight excluding hydrogens is 320 g/mol. The van der Waals surface area contributed by atoms with Crippen LogP contribution in [0.4, 0.5) is 0 Å². The van der Waals surface area contributed by atoms with Gasteiger partial charge in [0.05, 0.1) is 23.9 Å². The summed E-state index contributed by atoms with van der Waals surface area (Å²) in [5, 5.41) is 3.41. The van der Waals surface area contributed by atoms with Crippen LogP contribution in [0.2, 0.25) is 5.02 Å². The largest absolute Gasteiger partial charge is 0.463 e. The summed E-state index contributed by atoms with van der Waals surface area (Å²) in [5.74, 6) is -0.349. The van der Waals surface area contributed by atoms with E-state index in [1.54, 1.807) is 6.92 Å². The summed E-state index contributed by atoms with van der Waals surface area (Å²) in [6.45, 7) is 3.95. The number of hydrogen-bond donors (Lipinski definition) is 0. The second kappa shape index (κ2) is 6.18. The highest BCUT2D eigenvalue weighted by molar-refractivity contribution is 8.16. The molecule has 0 fully saturated rings. The number of thioether (sulfide) groups is 1. The quantitative estimate of drug-likeness (QED) is 0.780. The van der Waals surface area contributed by atoms with Gasteiger partial charge in [-0.1, -0.05) is 41.6 Å². The van der Waals surface area contributed by atoms with Gasteiger partial charge in [-0.25, -0.2) is 9.79 Å². The van der Waals surface area contributed by atoms with E-state index in [0.29, 0.717) is 22.9 Å². The number of amidine groups is 1. The maximum atomic E-state index is 12.4. The standard InChI is InChI=1S/C16H15ClN2O2S/c1-3-21-15(20)13-10(2)18-16-19(8-9-22-16)14(13)11-6-4-5-7-12(11)17/h4-9,14H,3H2,1-2H3/t14-/m1/s1. The van der Waals surface area contributed by atoms with Crippen LogP contribution in [-0.2, 0) is 9.53 Å². The molecule has 2 aliphatic rings. The number of benzene rings is 1. The van der Waals surface area contributed by atoms with Gasteiger partial charge in [0, 0.05) is 11.2 Å². The molecule has 0 unspecified atom stereocenters. The Hall–Kier alpha value is -1.72. The summed E-state index contributed by atoms with van der Waals surface area (Å²) >= 11 is 7.90. The van der Waals surface area contributed by atoms with Gasteiger partial charge in [0.1, 0.15) is 0 Å². The molecule has 0 bridgehead atoms. The van der Waals surface area contributed by atoms with Gasteiger partial charge in [-0.05, 0) is 30.9 Å². The van der Waals surface area contributed by atoms with Crippen LogP contribution in [0.1, 0.15) is 25.5 Å². The van der Waals surface area contributed by atoms with Gasteiger partial charge in [0.15, 0.2) is 5.17 Å². The predicted octanol–water partition coefficient (Wildman–Crippen LogP) is 4.11. The molecule has 0 spiro atoms. The summed E-state index contributed by atoms with van der Waals surface area (Å²) in [5.41, 5.74) is 2.07. The van der Waals surface area contributed by atoms with Crippen molar-refractivity contribution in [2.45, 2.75) is 19.9 Å². The molecule has 114 valence electrons. The van der Waals surface area contributed by atoms with Crippen LogP contribution >= 0.6 is 23.4 Å². The van der Waals surface area contributed by atoms with Crippen molar-refractivity contribution in [2.75, 3.05) is 6.61 Å². The molecule has 0 N–H and O–H groups in total. The van der Waals surface area contributed by atoms with E-state index in [1.165, 1.54) is 11.8 Å². The molecule has 2 heterocycles. The molecule has 4 nitrogen and oxygen atoms in total. The van der Waals surface area contributed by atoms with Gasteiger partial charge < -0.3 is 9.64 Å². The lowest BCUT2D eigenvalue weighted by Gasteiger charge is -2.33. The van der Waals surface area contributed by atoms with Crippen molar-refractivity contribution in [3.05, 3.63) is 57.7 Å². The molecular formula is C16H15ClN2O2S. The number of esters is 1. The van der Waals surface area contributed by atoms with Gasteiger partial charge in [0.25, 0.3) is 0 Å². The maximum absolute atomic E-state index is 12.4. The molecule has 1 aromatic carbocycles. The van der Waals surface area contributed by atoms with Crippen LogP contribution < -0.4 is 0 Å². The van der Waals surface area contributed by atoms with E-state index in [2.05, 4.69) is 4.99 Å². The highest BCUT2D eigenvalue weighted by Crippen LogP contribution is 2.42. The van der Waals surface area contributed by atoms with E-state index in [4.69, 9.17) is 16.3 Å². The lowest BCUT2D eigenvalue weighted by molar-refractivity contribution is -0.139. The average molecular weight is 335 g/mol. The van der Waals surface area contributed by atoms with Crippen molar-refractivity contribution in [3.63, 3.8) is 0 Å². The Balaban J connectivity index is 2.14. The van der Waals surface area contributed by atoms with Gasteiger partial charge in [-0.2, -0.15) is 0 Å². The highest BCUT2D eigenvalue weighted by atomic mass is 35.5. The lowest BCUT2D eigenvalue weighted by atomic mass is 9.95. The fourth-order valence-corrected chi connectivity index (χ4v) is 3.60. The van der Waals surface area contributed by atoms with Crippen LogP contribution in [0.5, 0.6) is 0 Å². The second-order valence-electron chi connectivity index (χ2n) is 4.85. The first-order chi connectivity index (χ1) is 10.6. The van der Waals surface area contributed by atoms with E-state index >= 15 is 0 Å². The smallest absolute Gasteiger partial charge is 0.338 e. The minimum Gasteiger partial charge on any atom is -0.463 e. The summed E-state index contributed by atoms with van der Waals surface area (Å²) in [7, 11) is 0. The van der Waals surface area contributed by atoms with Crippen LogP contribution in [0.15, 0.2) is 52.1 Å². The first kappa shape index (κ1) is 15.2. The Morgan fingerprint density at radius 3 is 2.95 bits per heavy atom. The number of allylic oxidation sites excluding steroid dienone is 1. The van der Waals surface area contributed by atoms with Gasteiger partial charge in [0.2, 0.25) is 0 Å². The number of aliphatic imine (C=N–C) groups is 1. The molecule has 0 aliphatic carbocycles. The van der Waals surface area contributed by atoms with E-state index in [-0.39, 0.29) is 12.0 Å². The predicted molar refractivity (Wildman–Crippen MR) is 89.5 cm³/mol. The normalized spacial score (nSPS) is 20.0. The van der Waals surface area contributed by atoms with Crippen molar-refractivity contribution >= 4 is 34.5 Å². The highest BCUT2D eigenvalue weighted by Gasteiger charge is 2.38. The van der Waals surface area contributed by atoms with E-state index in [0.717, 1.165) is 10.7 Å². The van der Waals surface area contributed by atoms with Gasteiger partial charge in [-0.15, -0.1) is 0 Å². The van der Waals surface area contributed by atoms with Crippen LogP contribution in [0.3, 0.4) is 0 Å². The van der Waals surface area contributed by atoms with Crippen molar-refractivity contribution in [1.82, 2.24) is 4.90 Å². The monoisotopic (exact) mass is 334 g/mol. The fourth-order valence-electron chi connectivity index (χ4n) is 2.57. The van der Waals surface area contributed by atoms with Crippen molar-refractivity contribution in [2.24, 2.45) is 4.99 Å². The molecule has 0 aromatic heterocycles. The zero-order valence-electron chi connectivity index (χ0n) is 12.2. The zero-order chi connectivity index (χ0) is 15.7. The Morgan fingerprint density at radius 2 is 2.23 bits per heavy atom. The van der Waals surface area contributed by atoms with Gasteiger partial charge >= 0.3 is 5.97 Å². The molecule has 22 heavy (non-hydrogen) atoms. The average Bonchev–Trinajstić information content (AvgIpc) is 2.94. The fraction of sp³-hybridized carbons (Fsp3) is 0.250. The van der Waals surface area contributed by atoms with Crippen LogP contribution in [-0.4, -0.2) is 22.6 Å². The molecule has 1 aromatic rings.